The summed E-state index contributed by atoms with van der Waals surface area (Å²) >= 11 is 11.4. The standard InChI is InChI=1S/C16H14Cl2N2O3/c1-2-10-3-5-12(6-4-10)20-14(21)9-23-16(22)11-7-13(17)15(18)19-8-11/h3-8H,2,9H2,1H3,(H,20,21). The van der Waals surface area contributed by atoms with Crippen LogP contribution in [0.2, 0.25) is 10.2 Å². The molecule has 23 heavy (non-hydrogen) atoms. The first-order valence-electron chi connectivity index (χ1n) is 6.86. The molecule has 1 aromatic heterocycles. The smallest absolute Gasteiger partial charge is 0.340 e. The molecule has 0 fully saturated rings. The van der Waals surface area contributed by atoms with E-state index >= 15 is 0 Å². The zero-order valence-corrected chi connectivity index (χ0v) is 13.8. The van der Waals surface area contributed by atoms with E-state index in [1.165, 1.54) is 17.8 Å². The fourth-order valence-corrected chi connectivity index (χ4v) is 2.04. The molecule has 120 valence electrons. The zero-order valence-electron chi connectivity index (χ0n) is 12.3. The second-order valence-electron chi connectivity index (χ2n) is 4.67. The molecule has 0 aliphatic carbocycles. The molecule has 1 heterocycles. The molecular formula is C16H14Cl2N2O3. The molecule has 0 spiro atoms. The molecule has 0 aliphatic heterocycles. The van der Waals surface area contributed by atoms with E-state index in [-0.39, 0.29) is 15.7 Å². The fraction of sp³-hybridized carbons (Fsp3) is 0.188. The topological polar surface area (TPSA) is 68.3 Å². The van der Waals surface area contributed by atoms with Crippen molar-refractivity contribution in [3.63, 3.8) is 0 Å². The fourth-order valence-electron chi connectivity index (χ4n) is 1.77. The Bertz CT molecular complexity index is 718. The summed E-state index contributed by atoms with van der Waals surface area (Å²) in [6.45, 7) is 1.64. The van der Waals surface area contributed by atoms with E-state index in [2.05, 4.69) is 10.3 Å². The summed E-state index contributed by atoms with van der Waals surface area (Å²) in [4.78, 5) is 27.3. The van der Waals surface area contributed by atoms with Gasteiger partial charge in [-0.25, -0.2) is 9.78 Å². The number of halogens is 2. The maximum Gasteiger partial charge on any atom is 0.340 e. The lowest BCUT2D eigenvalue weighted by molar-refractivity contribution is -0.119. The van der Waals surface area contributed by atoms with Crippen molar-refractivity contribution in [1.82, 2.24) is 4.98 Å². The van der Waals surface area contributed by atoms with E-state index in [4.69, 9.17) is 27.9 Å². The number of ether oxygens (including phenoxy) is 1. The van der Waals surface area contributed by atoms with Crippen LogP contribution in [0.15, 0.2) is 36.5 Å². The molecule has 1 amide bonds. The van der Waals surface area contributed by atoms with Crippen LogP contribution in [-0.4, -0.2) is 23.5 Å². The number of hydrogen-bond donors (Lipinski definition) is 1. The molecule has 7 heteroatoms. The van der Waals surface area contributed by atoms with Gasteiger partial charge < -0.3 is 10.1 Å². The lowest BCUT2D eigenvalue weighted by Gasteiger charge is -2.07. The number of benzene rings is 1. The number of anilines is 1. The second-order valence-corrected chi connectivity index (χ2v) is 5.44. The van der Waals surface area contributed by atoms with Crippen LogP contribution < -0.4 is 5.32 Å². The quantitative estimate of drug-likeness (QED) is 0.657. The molecule has 0 saturated heterocycles. The molecule has 0 radical (unpaired) electrons. The number of carbonyl (C=O) groups excluding carboxylic acids is 2. The molecular weight excluding hydrogens is 339 g/mol. The minimum Gasteiger partial charge on any atom is -0.452 e. The number of pyridine rings is 1. The Hall–Kier alpha value is -2.11. The van der Waals surface area contributed by atoms with Crippen LogP contribution in [-0.2, 0) is 16.0 Å². The lowest BCUT2D eigenvalue weighted by atomic mass is 10.1. The van der Waals surface area contributed by atoms with Crippen LogP contribution in [0.3, 0.4) is 0 Å². The Morgan fingerprint density at radius 3 is 2.52 bits per heavy atom. The first-order chi connectivity index (χ1) is 11.0. The van der Waals surface area contributed by atoms with Gasteiger partial charge in [0, 0.05) is 11.9 Å². The highest BCUT2D eigenvalue weighted by molar-refractivity contribution is 6.41. The maximum absolute atomic E-state index is 11.8. The van der Waals surface area contributed by atoms with Gasteiger partial charge >= 0.3 is 5.97 Å². The molecule has 0 saturated carbocycles. The average Bonchev–Trinajstić information content (AvgIpc) is 2.56. The van der Waals surface area contributed by atoms with Gasteiger partial charge in [-0.05, 0) is 30.2 Å². The minimum atomic E-state index is -0.701. The van der Waals surface area contributed by atoms with Gasteiger partial charge in [-0.2, -0.15) is 0 Å². The van der Waals surface area contributed by atoms with Crippen molar-refractivity contribution in [1.29, 1.82) is 0 Å². The number of carbonyl (C=O) groups is 2. The van der Waals surface area contributed by atoms with Gasteiger partial charge in [0.1, 0.15) is 5.15 Å². The molecule has 5 nitrogen and oxygen atoms in total. The largest absolute Gasteiger partial charge is 0.452 e. The van der Waals surface area contributed by atoms with Crippen molar-refractivity contribution in [2.45, 2.75) is 13.3 Å². The van der Waals surface area contributed by atoms with Gasteiger partial charge in [-0.15, -0.1) is 0 Å². The molecule has 2 rings (SSSR count). The van der Waals surface area contributed by atoms with Gasteiger partial charge in [0.25, 0.3) is 5.91 Å². The Labute approximate surface area is 143 Å². The molecule has 0 aliphatic rings. The first-order valence-corrected chi connectivity index (χ1v) is 7.62. The van der Waals surface area contributed by atoms with Gasteiger partial charge in [0.15, 0.2) is 6.61 Å². The number of esters is 1. The first kappa shape index (κ1) is 17.2. The van der Waals surface area contributed by atoms with E-state index in [9.17, 15) is 9.59 Å². The summed E-state index contributed by atoms with van der Waals surface area (Å²) in [5.74, 6) is -1.14. The summed E-state index contributed by atoms with van der Waals surface area (Å²) in [5, 5.41) is 2.88. The molecule has 1 aromatic carbocycles. The molecule has 2 aromatic rings. The van der Waals surface area contributed by atoms with Crippen LogP contribution in [0, 0.1) is 0 Å². The van der Waals surface area contributed by atoms with E-state index in [0.717, 1.165) is 6.42 Å². The monoisotopic (exact) mass is 352 g/mol. The minimum absolute atomic E-state index is 0.0940. The third kappa shape index (κ3) is 4.94. The SMILES string of the molecule is CCc1ccc(NC(=O)COC(=O)c2cnc(Cl)c(Cl)c2)cc1. The van der Waals surface area contributed by atoms with Crippen molar-refractivity contribution in [3.8, 4) is 0 Å². The van der Waals surface area contributed by atoms with Gasteiger partial charge in [-0.1, -0.05) is 42.3 Å². The van der Waals surface area contributed by atoms with Crippen LogP contribution in [0.25, 0.3) is 0 Å². The van der Waals surface area contributed by atoms with Gasteiger partial charge in [0.2, 0.25) is 0 Å². The third-order valence-corrected chi connectivity index (χ3v) is 3.70. The number of amides is 1. The summed E-state index contributed by atoms with van der Waals surface area (Å²) < 4.78 is 4.91. The average molecular weight is 353 g/mol. The second kappa shape index (κ2) is 7.94. The molecule has 0 bridgehead atoms. The van der Waals surface area contributed by atoms with Crippen molar-refractivity contribution in [2.75, 3.05) is 11.9 Å². The number of nitrogens with zero attached hydrogens (tertiary/aromatic N) is 1. The van der Waals surface area contributed by atoms with E-state index in [1.54, 1.807) is 12.1 Å². The van der Waals surface area contributed by atoms with E-state index < -0.39 is 18.5 Å². The Balaban J connectivity index is 1.87. The van der Waals surface area contributed by atoms with E-state index in [0.29, 0.717) is 5.69 Å². The molecule has 1 N–H and O–H groups in total. The van der Waals surface area contributed by atoms with Crippen molar-refractivity contribution in [3.05, 3.63) is 57.8 Å². The number of hydrogen-bond acceptors (Lipinski definition) is 4. The zero-order chi connectivity index (χ0) is 16.8. The van der Waals surface area contributed by atoms with Crippen molar-refractivity contribution < 1.29 is 14.3 Å². The number of nitrogens with one attached hydrogen (secondary N) is 1. The van der Waals surface area contributed by atoms with Crippen LogP contribution in [0.4, 0.5) is 5.69 Å². The highest BCUT2D eigenvalue weighted by atomic mass is 35.5. The van der Waals surface area contributed by atoms with Gasteiger partial charge in [-0.3, -0.25) is 4.79 Å². The Kier molecular flexibility index (Phi) is 5.96. The van der Waals surface area contributed by atoms with Crippen LogP contribution >= 0.6 is 23.2 Å². The predicted molar refractivity (Wildman–Crippen MR) is 89.0 cm³/mol. The Morgan fingerprint density at radius 1 is 1.22 bits per heavy atom. The summed E-state index contributed by atoms with van der Waals surface area (Å²) in [7, 11) is 0. The van der Waals surface area contributed by atoms with Crippen LogP contribution in [0.1, 0.15) is 22.8 Å². The highest BCUT2D eigenvalue weighted by Gasteiger charge is 2.12. The molecule has 0 atom stereocenters. The normalized spacial score (nSPS) is 10.2. The lowest BCUT2D eigenvalue weighted by Crippen LogP contribution is -2.21. The van der Waals surface area contributed by atoms with E-state index in [1.807, 2.05) is 19.1 Å². The highest BCUT2D eigenvalue weighted by Crippen LogP contribution is 2.20. The summed E-state index contributed by atoms with van der Waals surface area (Å²) in [6.07, 6.45) is 2.15. The summed E-state index contributed by atoms with van der Waals surface area (Å²) in [5.41, 5.74) is 1.93. The van der Waals surface area contributed by atoms with Crippen molar-refractivity contribution in [2.24, 2.45) is 0 Å². The van der Waals surface area contributed by atoms with Gasteiger partial charge in [0.05, 0.1) is 10.6 Å². The van der Waals surface area contributed by atoms with Crippen molar-refractivity contribution >= 4 is 40.8 Å². The summed E-state index contributed by atoms with van der Waals surface area (Å²) in [6, 6.07) is 8.76. The third-order valence-electron chi connectivity index (χ3n) is 3.01. The number of aryl methyl sites for hydroxylation is 1. The maximum atomic E-state index is 11.8. The predicted octanol–water partition coefficient (Wildman–Crippen LogP) is 3.75. The number of aromatic nitrogens is 1. The number of rotatable bonds is 5. The van der Waals surface area contributed by atoms with Crippen LogP contribution in [0.5, 0.6) is 0 Å². The Morgan fingerprint density at radius 2 is 1.91 bits per heavy atom. The molecule has 0 unspecified atom stereocenters.